The number of hydrazine groups is 1. The summed E-state index contributed by atoms with van der Waals surface area (Å²) < 4.78 is 46.0. The van der Waals surface area contributed by atoms with E-state index >= 15 is 0 Å². The molecule has 1 heterocycles. The summed E-state index contributed by atoms with van der Waals surface area (Å²) in [6.07, 6.45) is 4.75. The second-order valence-corrected chi connectivity index (χ2v) is 10.8. The Morgan fingerprint density at radius 1 is 1.24 bits per heavy atom. The molecule has 3 aromatic rings. The molecule has 0 aliphatic heterocycles. The summed E-state index contributed by atoms with van der Waals surface area (Å²) in [7, 11) is -1.32. The average Bonchev–Trinajstić information content (AvgIpc) is 3.44. The zero-order chi connectivity index (χ0) is 23.3. The minimum Gasteiger partial charge on any atom is -0.435 e. The molecule has 2 saturated carbocycles. The molecule has 0 amide bonds. The molecule has 6 nitrogen and oxygen atoms in total. The monoisotopic (exact) mass is 470 g/mol. The number of fused-ring (bicyclic) bond motifs is 1. The van der Waals surface area contributed by atoms with Gasteiger partial charge >= 0.3 is 6.61 Å². The van der Waals surface area contributed by atoms with Gasteiger partial charge in [0.15, 0.2) is 0 Å². The molecule has 1 unspecified atom stereocenters. The minimum atomic E-state index is -2.92. The molecule has 5 rings (SSSR count). The number of nitrogens with zero attached hydrogens (tertiary/aromatic N) is 3. The van der Waals surface area contributed by atoms with Crippen molar-refractivity contribution < 1.29 is 17.7 Å². The van der Waals surface area contributed by atoms with E-state index in [1.54, 1.807) is 24.3 Å². The van der Waals surface area contributed by atoms with Gasteiger partial charge in [0.2, 0.25) is 0 Å². The van der Waals surface area contributed by atoms with E-state index in [1.807, 2.05) is 19.1 Å². The van der Waals surface area contributed by atoms with Gasteiger partial charge in [0.1, 0.15) is 22.8 Å². The lowest BCUT2D eigenvalue weighted by molar-refractivity contribution is -0.0497. The van der Waals surface area contributed by atoms with Crippen LogP contribution >= 0.6 is 0 Å². The van der Waals surface area contributed by atoms with Crippen molar-refractivity contribution in [2.75, 3.05) is 4.41 Å². The van der Waals surface area contributed by atoms with Gasteiger partial charge in [-0.2, -0.15) is 14.0 Å². The maximum atomic E-state index is 12.8. The summed E-state index contributed by atoms with van der Waals surface area (Å²) in [4.78, 5) is 0. The van der Waals surface area contributed by atoms with Gasteiger partial charge in [0.25, 0.3) is 0 Å². The highest BCUT2D eigenvalue weighted by molar-refractivity contribution is 7.88. The molecule has 1 atom stereocenters. The van der Waals surface area contributed by atoms with Gasteiger partial charge in [-0.05, 0) is 68.9 Å². The van der Waals surface area contributed by atoms with Crippen molar-refractivity contribution in [3.63, 3.8) is 0 Å². The van der Waals surface area contributed by atoms with Gasteiger partial charge in [-0.1, -0.05) is 12.1 Å². The number of hydrogen-bond donors (Lipinski definition) is 1. The third kappa shape index (κ3) is 3.77. The molecule has 0 spiro atoms. The lowest BCUT2D eigenvalue weighted by Gasteiger charge is -2.30. The first-order chi connectivity index (χ1) is 15.8. The summed E-state index contributed by atoms with van der Waals surface area (Å²) >= 11 is 0. The molecule has 1 aromatic heterocycles. The molecule has 2 fully saturated rings. The van der Waals surface area contributed by atoms with Crippen molar-refractivity contribution in [2.45, 2.75) is 56.4 Å². The summed E-state index contributed by atoms with van der Waals surface area (Å²) in [6.45, 7) is -0.959. The molecule has 2 aliphatic carbocycles. The number of anilines is 1. The average molecular weight is 471 g/mol. The number of rotatable bonds is 7. The third-order valence-electron chi connectivity index (χ3n) is 6.70. The van der Waals surface area contributed by atoms with Gasteiger partial charge in [0, 0.05) is 17.5 Å². The molecule has 33 heavy (non-hydrogen) atoms. The molecule has 0 saturated heterocycles. The first-order valence-electron chi connectivity index (χ1n) is 10.9. The Morgan fingerprint density at radius 3 is 2.48 bits per heavy atom. The maximum absolute atomic E-state index is 12.8. The highest BCUT2D eigenvalue weighted by Gasteiger charge is 2.46. The Kier molecular flexibility index (Phi) is 5.38. The van der Waals surface area contributed by atoms with Crippen LogP contribution in [0.3, 0.4) is 0 Å². The summed E-state index contributed by atoms with van der Waals surface area (Å²) in [5.74, 6) is 6.20. The van der Waals surface area contributed by atoms with E-state index in [4.69, 9.17) is 5.84 Å². The Morgan fingerprint density at radius 2 is 1.94 bits per heavy atom. The Hall–Kier alpha value is -2.96. The molecular formula is C24H24F2N4O2S. The number of alkyl halides is 2. The molecule has 0 bridgehead atoms. The second kappa shape index (κ2) is 8.12. The van der Waals surface area contributed by atoms with Gasteiger partial charge in [-0.25, -0.2) is 14.5 Å². The molecular weight excluding hydrogens is 446 g/mol. The topological polar surface area (TPSA) is 84.3 Å². The van der Waals surface area contributed by atoms with Gasteiger partial charge < -0.3 is 9.30 Å². The third-order valence-corrected chi connectivity index (χ3v) is 8.52. The smallest absolute Gasteiger partial charge is 0.387 e. The zero-order valence-electron chi connectivity index (χ0n) is 18.1. The van der Waals surface area contributed by atoms with Crippen molar-refractivity contribution in [3.05, 3.63) is 48.0 Å². The largest absolute Gasteiger partial charge is 0.435 e. The van der Waals surface area contributed by atoms with E-state index in [9.17, 15) is 18.3 Å². The van der Waals surface area contributed by atoms with Crippen LogP contribution in [0.1, 0.15) is 50.6 Å². The fourth-order valence-corrected chi connectivity index (χ4v) is 5.58. The molecule has 2 aliphatic rings. The van der Waals surface area contributed by atoms with Crippen LogP contribution in [-0.2, 0) is 11.0 Å². The number of nitriles is 1. The first kappa shape index (κ1) is 21.9. The van der Waals surface area contributed by atoms with Gasteiger partial charge in [-0.3, -0.25) is 0 Å². The van der Waals surface area contributed by atoms with Crippen LogP contribution in [0.25, 0.3) is 22.2 Å². The summed E-state index contributed by atoms with van der Waals surface area (Å²) in [5, 5.41) is 10.7. The SMILES string of the molecule is CC1(S(=O)N(N)c2ccc(-c3c(C#N)c4ccc(OC(F)F)cc4n3C3CCC3)cc2)CC1. The number of ether oxygens (including phenoxy) is 1. The van der Waals surface area contributed by atoms with Crippen molar-refractivity contribution in [3.8, 4) is 23.1 Å². The van der Waals surface area contributed by atoms with Crippen LogP contribution in [0.4, 0.5) is 14.5 Å². The van der Waals surface area contributed by atoms with Gasteiger partial charge in [0.05, 0.1) is 27.2 Å². The molecule has 0 radical (unpaired) electrons. The van der Waals surface area contributed by atoms with Crippen LogP contribution in [-0.4, -0.2) is 20.1 Å². The number of aromatic nitrogens is 1. The molecule has 9 heteroatoms. The molecule has 2 aromatic carbocycles. The van der Waals surface area contributed by atoms with Crippen molar-refractivity contribution in [2.24, 2.45) is 5.84 Å². The van der Waals surface area contributed by atoms with Crippen LogP contribution in [0.15, 0.2) is 42.5 Å². The minimum absolute atomic E-state index is 0.0665. The summed E-state index contributed by atoms with van der Waals surface area (Å²) in [5.41, 5.74) is 3.38. The molecule has 172 valence electrons. The van der Waals surface area contributed by atoms with E-state index in [1.165, 1.54) is 10.5 Å². The predicted octanol–water partition coefficient (Wildman–Crippen LogP) is 5.40. The van der Waals surface area contributed by atoms with E-state index in [-0.39, 0.29) is 16.5 Å². The van der Waals surface area contributed by atoms with Crippen LogP contribution in [0.5, 0.6) is 5.75 Å². The lowest BCUT2D eigenvalue weighted by Crippen LogP contribution is -2.38. The van der Waals surface area contributed by atoms with Crippen molar-refractivity contribution in [1.82, 2.24) is 4.57 Å². The predicted molar refractivity (Wildman–Crippen MR) is 124 cm³/mol. The highest BCUT2D eigenvalue weighted by Crippen LogP contribution is 2.45. The standard InChI is InChI=1S/C24H24F2N4O2S/c1-24(11-12-24)33(31)30(28)17-7-5-15(6-8-17)22-20(14-27)19-10-9-18(32-23(25)26)13-21(19)29(22)16-3-2-4-16/h5-10,13,16,23H,2-4,11-12,28H2,1H3. The van der Waals surface area contributed by atoms with E-state index in [0.717, 1.165) is 43.4 Å². The number of halogens is 2. The molecule has 2 N–H and O–H groups in total. The van der Waals surface area contributed by atoms with E-state index < -0.39 is 17.6 Å². The quantitative estimate of drug-likeness (QED) is 0.370. The normalized spacial score (nSPS) is 18.1. The maximum Gasteiger partial charge on any atom is 0.387 e. The first-order valence-corrected chi connectivity index (χ1v) is 12.0. The second-order valence-electron chi connectivity index (χ2n) is 8.92. The highest BCUT2D eigenvalue weighted by atomic mass is 32.2. The van der Waals surface area contributed by atoms with Crippen LogP contribution < -0.4 is 15.0 Å². The van der Waals surface area contributed by atoms with E-state index in [0.29, 0.717) is 22.2 Å². The van der Waals surface area contributed by atoms with Crippen LogP contribution in [0, 0.1) is 11.3 Å². The number of hydrogen-bond acceptors (Lipinski definition) is 4. The number of benzene rings is 2. The fraction of sp³-hybridized carbons (Fsp3) is 0.375. The summed E-state index contributed by atoms with van der Waals surface area (Å²) in [6, 6.07) is 14.5. The fourth-order valence-electron chi connectivity index (χ4n) is 4.34. The van der Waals surface area contributed by atoms with Crippen LogP contribution in [0.2, 0.25) is 0 Å². The van der Waals surface area contributed by atoms with E-state index in [2.05, 4.69) is 15.4 Å². The Balaban J connectivity index is 1.59. The zero-order valence-corrected chi connectivity index (χ0v) is 18.9. The van der Waals surface area contributed by atoms with Crippen molar-refractivity contribution >= 4 is 27.6 Å². The Bertz CT molecular complexity index is 1270. The van der Waals surface area contributed by atoms with Crippen molar-refractivity contribution in [1.29, 1.82) is 5.26 Å². The van der Waals surface area contributed by atoms with Gasteiger partial charge in [-0.15, -0.1) is 0 Å². The number of nitrogens with two attached hydrogens (primary N) is 1. The lowest BCUT2D eigenvalue weighted by atomic mass is 9.92. The Labute approximate surface area is 193 Å².